The van der Waals surface area contributed by atoms with Crippen LogP contribution >= 0.6 is 0 Å². The summed E-state index contributed by atoms with van der Waals surface area (Å²) in [6, 6.07) is 0. The van der Waals surface area contributed by atoms with Crippen molar-refractivity contribution in [1.82, 2.24) is 0 Å². The molecule has 4 heteroatoms. The summed E-state index contributed by atoms with van der Waals surface area (Å²) < 4.78 is 10.7. The predicted molar refractivity (Wildman–Crippen MR) is 61.1 cm³/mol. The fraction of sp³-hybridized carbons (Fsp3) is 0.692. The lowest BCUT2D eigenvalue weighted by Crippen LogP contribution is -2.48. The largest absolute Gasteiger partial charge is 0.462 e. The molecule has 0 unspecified atom stereocenters. The van der Waals surface area contributed by atoms with Gasteiger partial charge >= 0.3 is 11.9 Å². The van der Waals surface area contributed by atoms with Gasteiger partial charge in [0.15, 0.2) is 0 Å². The molecule has 94 valence electrons. The Morgan fingerprint density at radius 3 is 2.71 bits per heavy atom. The maximum atomic E-state index is 11.4. The summed E-state index contributed by atoms with van der Waals surface area (Å²) in [6.07, 6.45) is 2.78. The van der Waals surface area contributed by atoms with Crippen LogP contribution in [0.15, 0.2) is 11.6 Å². The zero-order valence-electron chi connectivity index (χ0n) is 10.7. The lowest BCUT2D eigenvalue weighted by molar-refractivity contribution is -0.161. The normalized spacial score (nSPS) is 34.7. The Morgan fingerprint density at radius 2 is 2.12 bits per heavy atom. The Bertz CT molecular complexity index is 408. The van der Waals surface area contributed by atoms with E-state index in [0.29, 0.717) is 12.8 Å². The van der Waals surface area contributed by atoms with Crippen molar-refractivity contribution in [3.63, 3.8) is 0 Å². The minimum atomic E-state index is -0.517. The smallest absolute Gasteiger partial charge is 0.331 e. The fourth-order valence-electron chi connectivity index (χ4n) is 2.98. The summed E-state index contributed by atoms with van der Waals surface area (Å²) in [7, 11) is 0. The van der Waals surface area contributed by atoms with Crippen LogP contribution in [0.2, 0.25) is 0 Å². The van der Waals surface area contributed by atoms with Crippen molar-refractivity contribution >= 4 is 11.9 Å². The summed E-state index contributed by atoms with van der Waals surface area (Å²) in [5.74, 6) is -0.573. The summed E-state index contributed by atoms with van der Waals surface area (Å²) in [6.45, 7) is 7.32. The average Bonchev–Trinajstić information content (AvgIpc) is 2.48. The Kier molecular flexibility index (Phi) is 2.56. The highest BCUT2D eigenvalue weighted by atomic mass is 16.6. The van der Waals surface area contributed by atoms with Crippen LogP contribution in [0, 0.1) is 5.41 Å². The van der Waals surface area contributed by atoms with E-state index in [1.54, 1.807) is 6.08 Å². The lowest BCUT2D eigenvalue weighted by Gasteiger charge is -2.45. The van der Waals surface area contributed by atoms with Crippen molar-refractivity contribution in [3.05, 3.63) is 11.6 Å². The van der Waals surface area contributed by atoms with Gasteiger partial charge in [-0.25, -0.2) is 4.79 Å². The Morgan fingerprint density at radius 1 is 1.47 bits per heavy atom. The van der Waals surface area contributed by atoms with Gasteiger partial charge in [-0.05, 0) is 25.3 Å². The molecule has 1 fully saturated rings. The van der Waals surface area contributed by atoms with Crippen molar-refractivity contribution in [2.45, 2.75) is 52.2 Å². The number of carbonyl (C=O) groups excluding carboxylic acids is 2. The summed E-state index contributed by atoms with van der Waals surface area (Å²) in [5.41, 5.74) is 0.0645. The first-order chi connectivity index (χ1) is 7.75. The molecule has 4 nitrogen and oxygen atoms in total. The van der Waals surface area contributed by atoms with Gasteiger partial charge in [-0.1, -0.05) is 13.8 Å². The minimum Gasteiger partial charge on any atom is -0.462 e. The third-order valence-electron chi connectivity index (χ3n) is 3.85. The molecular formula is C13H18O4. The van der Waals surface area contributed by atoms with Crippen LogP contribution in [0.3, 0.4) is 0 Å². The standard InChI is InChI=1S/C13H18O4/c1-8(14)16-10-5-6-13(4)9(12(10,2)3)7-11(15)17-13/h7,10H,5-6H2,1-4H3/t10-,13+/m0/s1. The highest BCUT2D eigenvalue weighted by molar-refractivity contribution is 5.87. The van der Waals surface area contributed by atoms with E-state index in [0.717, 1.165) is 5.57 Å². The topological polar surface area (TPSA) is 52.6 Å². The molecule has 0 bridgehead atoms. The quantitative estimate of drug-likeness (QED) is 0.655. The zero-order chi connectivity index (χ0) is 12.8. The van der Waals surface area contributed by atoms with Crippen LogP contribution in [0.4, 0.5) is 0 Å². The summed E-state index contributed by atoms with van der Waals surface area (Å²) in [4.78, 5) is 22.5. The lowest BCUT2D eigenvalue weighted by atomic mass is 9.65. The van der Waals surface area contributed by atoms with Crippen molar-refractivity contribution < 1.29 is 19.1 Å². The second-order valence-corrected chi connectivity index (χ2v) is 5.57. The molecule has 0 N–H and O–H groups in total. The number of carbonyl (C=O) groups is 2. The Balaban J connectivity index is 2.33. The first-order valence-corrected chi connectivity index (χ1v) is 5.88. The molecule has 2 aliphatic rings. The SMILES string of the molecule is CC(=O)O[C@H]1CC[C@@]2(C)OC(=O)C=C2C1(C)C. The predicted octanol–water partition coefficient (Wildman–Crippen LogP) is 1.98. The van der Waals surface area contributed by atoms with Crippen molar-refractivity contribution in [3.8, 4) is 0 Å². The molecule has 1 aliphatic carbocycles. The average molecular weight is 238 g/mol. The molecule has 0 saturated heterocycles. The van der Waals surface area contributed by atoms with Crippen LogP contribution in [-0.4, -0.2) is 23.6 Å². The van der Waals surface area contributed by atoms with Crippen molar-refractivity contribution in [2.24, 2.45) is 5.41 Å². The maximum absolute atomic E-state index is 11.4. The fourth-order valence-corrected chi connectivity index (χ4v) is 2.98. The van der Waals surface area contributed by atoms with Gasteiger partial charge in [0.2, 0.25) is 0 Å². The molecule has 17 heavy (non-hydrogen) atoms. The number of hydrogen-bond donors (Lipinski definition) is 0. The summed E-state index contributed by atoms with van der Waals surface area (Å²) >= 11 is 0. The second kappa shape index (κ2) is 3.59. The molecule has 0 amide bonds. The zero-order valence-corrected chi connectivity index (χ0v) is 10.7. The van der Waals surface area contributed by atoms with E-state index in [2.05, 4.69) is 0 Å². The third kappa shape index (κ3) is 1.85. The molecule has 0 aromatic carbocycles. The molecule has 0 aromatic heterocycles. The molecule has 0 spiro atoms. The monoisotopic (exact) mass is 238 g/mol. The molecule has 2 rings (SSSR count). The number of esters is 2. The van der Waals surface area contributed by atoms with E-state index in [4.69, 9.17) is 9.47 Å². The van der Waals surface area contributed by atoms with Crippen LogP contribution in [0.5, 0.6) is 0 Å². The van der Waals surface area contributed by atoms with Gasteiger partial charge in [-0.3, -0.25) is 4.79 Å². The van der Waals surface area contributed by atoms with Gasteiger partial charge in [-0.15, -0.1) is 0 Å². The van der Waals surface area contributed by atoms with Crippen LogP contribution in [0.25, 0.3) is 0 Å². The third-order valence-corrected chi connectivity index (χ3v) is 3.85. The first kappa shape index (κ1) is 12.1. The van der Waals surface area contributed by atoms with Gasteiger partial charge in [-0.2, -0.15) is 0 Å². The minimum absolute atomic E-state index is 0.186. The summed E-state index contributed by atoms with van der Waals surface area (Å²) in [5, 5.41) is 0. The number of rotatable bonds is 1. The van der Waals surface area contributed by atoms with E-state index >= 15 is 0 Å². The first-order valence-electron chi connectivity index (χ1n) is 5.88. The molecule has 1 aliphatic heterocycles. The number of fused-ring (bicyclic) bond motifs is 1. The van der Waals surface area contributed by atoms with Crippen LogP contribution < -0.4 is 0 Å². The van der Waals surface area contributed by atoms with Gasteiger partial charge in [0.05, 0.1) is 0 Å². The second-order valence-electron chi connectivity index (χ2n) is 5.57. The van der Waals surface area contributed by atoms with E-state index in [1.807, 2.05) is 20.8 Å². The highest BCUT2D eigenvalue weighted by Crippen LogP contribution is 2.51. The van der Waals surface area contributed by atoms with E-state index in [9.17, 15) is 9.59 Å². The number of ether oxygens (including phenoxy) is 2. The van der Waals surface area contributed by atoms with E-state index < -0.39 is 5.60 Å². The van der Waals surface area contributed by atoms with Gasteiger partial charge in [0.25, 0.3) is 0 Å². The maximum Gasteiger partial charge on any atom is 0.331 e. The van der Waals surface area contributed by atoms with E-state index in [1.165, 1.54) is 6.92 Å². The van der Waals surface area contributed by atoms with Crippen molar-refractivity contribution in [1.29, 1.82) is 0 Å². The van der Waals surface area contributed by atoms with E-state index in [-0.39, 0.29) is 23.5 Å². The van der Waals surface area contributed by atoms with Crippen molar-refractivity contribution in [2.75, 3.05) is 0 Å². The molecular weight excluding hydrogens is 220 g/mol. The Hall–Kier alpha value is -1.32. The van der Waals surface area contributed by atoms with Gasteiger partial charge in [0, 0.05) is 18.4 Å². The molecule has 1 saturated carbocycles. The molecule has 0 radical (unpaired) electrons. The Labute approximate surface area is 101 Å². The molecule has 2 atom stereocenters. The molecule has 0 aromatic rings. The highest BCUT2D eigenvalue weighted by Gasteiger charge is 2.53. The van der Waals surface area contributed by atoms with Gasteiger partial charge < -0.3 is 9.47 Å². The van der Waals surface area contributed by atoms with Crippen LogP contribution in [-0.2, 0) is 19.1 Å². The molecule has 1 heterocycles. The van der Waals surface area contributed by atoms with Crippen LogP contribution in [0.1, 0.15) is 40.5 Å². The number of hydrogen-bond acceptors (Lipinski definition) is 4. The van der Waals surface area contributed by atoms with Gasteiger partial charge in [0.1, 0.15) is 11.7 Å².